The monoisotopic (exact) mass is 368 g/mol. The highest BCUT2D eigenvalue weighted by Crippen LogP contribution is 2.20. The Morgan fingerprint density at radius 1 is 1.04 bits per heavy atom. The highest BCUT2D eigenvalue weighted by molar-refractivity contribution is 5.94. The number of aryl methyl sites for hydroxylation is 2. The molecule has 1 aliphatic heterocycles. The van der Waals surface area contributed by atoms with Gasteiger partial charge >= 0.3 is 0 Å². The molecule has 3 rings (SSSR count). The second-order valence-electron chi connectivity index (χ2n) is 7.21. The fourth-order valence-electron chi connectivity index (χ4n) is 3.34. The molecule has 0 unspecified atom stereocenters. The molecule has 5 heteroatoms. The molecular weight excluding hydrogens is 343 g/mol. The maximum atomic E-state index is 12.9. The molecule has 0 saturated carbocycles. The van der Waals surface area contributed by atoms with Crippen LogP contribution in [0.3, 0.4) is 0 Å². The van der Waals surface area contributed by atoms with Gasteiger partial charge in [0.2, 0.25) is 5.91 Å². The fraction of sp³-hybridized carbons (Fsp3) is 0.364. The van der Waals surface area contributed by atoms with Crippen molar-refractivity contribution in [3.63, 3.8) is 0 Å². The molecule has 0 radical (unpaired) electrons. The van der Waals surface area contributed by atoms with E-state index in [4.69, 9.17) is 0 Å². The van der Waals surface area contributed by atoms with Crippen molar-refractivity contribution in [3.8, 4) is 0 Å². The number of piperidine rings is 1. The summed E-state index contributed by atoms with van der Waals surface area (Å²) in [5.41, 5.74) is 3.85. The maximum absolute atomic E-state index is 12.9. The number of halogens is 1. The molecule has 1 fully saturated rings. The standard InChI is InChI=1S/C22H25FN2O2/c1-15-3-6-19(13-16(15)2)22(27)25-11-9-18(10-12-25)21(26)24-14-17-4-7-20(23)8-5-17/h3-8,13,18H,9-12,14H2,1-2H3,(H,24,26). The van der Waals surface area contributed by atoms with Crippen LogP contribution in [-0.2, 0) is 11.3 Å². The Balaban J connectivity index is 1.50. The van der Waals surface area contributed by atoms with Gasteiger partial charge in [0.1, 0.15) is 5.82 Å². The summed E-state index contributed by atoms with van der Waals surface area (Å²) in [7, 11) is 0. The average molecular weight is 368 g/mol. The Morgan fingerprint density at radius 3 is 2.33 bits per heavy atom. The first-order chi connectivity index (χ1) is 12.9. The van der Waals surface area contributed by atoms with Crippen LogP contribution in [0, 0.1) is 25.6 Å². The van der Waals surface area contributed by atoms with Crippen LogP contribution in [0.4, 0.5) is 4.39 Å². The lowest BCUT2D eigenvalue weighted by atomic mass is 9.95. The molecule has 2 aromatic carbocycles. The summed E-state index contributed by atoms with van der Waals surface area (Å²) in [4.78, 5) is 26.9. The second kappa shape index (κ2) is 8.33. The third-order valence-corrected chi connectivity index (χ3v) is 5.29. The van der Waals surface area contributed by atoms with Crippen LogP contribution in [0.5, 0.6) is 0 Å². The lowest BCUT2D eigenvalue weighted by molar-refractivity contribution is -0.126. The number of hydrogen-bond donors (Lipinski definition) is 1. The molecule has 2 amide bonds. The molecule has 27 heavy (non-hydrogen) atoms. The average Bonchev–Trinajstić information content (AvgIpc) is 2.69. The van der Waals surface area contributed by atoms with Crippen molar-refractivity contribution in [1.82, 2.24) is 10.2 Å². The Bertz CT molecular complexity index is 825. The number of nitrogens with zero attached hydrogens (tertiary/aromatic N) is 1. The fourth-order valence-corrected chi connectivity index (χ4v) is 3.34. The molecule has 2 aromatic rings. The smallest absolute Gasteiger partial charge is 0.253 e. The van der Waals surface area contributed by atoms with Crippen LogP contribution in [0.25, 0.3) is 0 Å². The van der Waals surface area contributed by atoms with E-state index < -0.39 is 0 Å². The van der Waals surface area contributed by atoms with Gasteiger partial charge < -0.3 is 10.2 Å². The van der Waals surface area contributed by atoms with Crippen LogP contribution in [0.2, 0.25) is 0 Å². The lowest BCUT2D eigenvalue weighted by Gasteiger charge is -2.31. The molecule has 1 aliphatic rings. The van der Waals surface area contributed by atoms with E-state index in [2.05, 4.69) is 5.32 Å². The quantitative estimate of drug-likeness (QED) is 0.896. The topological polar surface area (TPSA) is 49.4 Å². The Labute approximate surface area is 159 Å². The van der Waals surface area contributed by atoms with Crippen molar-refractivity contribution in [2.75, 3.05) is 13.1 Å². The van der Waals surface area contributed by atoms with E-state index >= 15 is 0 Å². The number of likely N-dealkylation sites (tertiary alicyclic amines) is 1. The van der Waals surface area contributed by atoms with E-state index in [9.17, 15) is 14.0 Å². The van der Waals surface area contributed by atoms with Gasteiger partial charge in [0.05, 0.1) is 0 Å². The summed E-state index contributed by atoms with van der Waals surface area (Å²) in [5, 5.41) is 2.91. The summed E-state index contributed by atoms with van der Waals surface area (Å²) in [6, 6.07) is 11.9. The lowest BCUT2D eigenvalue weighted by Crippen LogP contribution is -2.43. The third kappa shape index (κ3) is 4.73. The first-order valence-corrected chi connectivity index (χ1v) is 9.32. The minimum atomic E-state index is -0.286. The Kier molecular flexibility index (Phi) is 5.89. The highest BCUT2D eigenvalue weighted by Gasteiger charge is 2.27. The van der Waals surface area contributed by atoms with Gasteiger partial charge in [0.15, 0.2) is 0 Å². The molecule has 0 aliphatic carbocycles. The van der Waals surface area contributed by atoms with Crippen molar-refractivity contribution < 1.29 is 14.0 Å². The van der Waals surface area contributed by atoms with Crippen LogP contribution >= 0.6 is 0 Å². The number of benzene rings is 2. The molecule has 0 spiro atoms. The van der Waals surface area contributed by atoms with Gasteiger partial charge in [0, 0.05) is 31.1 Å². The Morgan fingerprint density at radius 2 is 1.70 bits per heavy atom. The Hall–Kier alpha value is -2.69. The molecule has 0 atom stereocenters. The van der Waals surface area contributed by atoms with Gasteiger partial charge in [-0.1, -0.05) is 18.2 Å². The zero-order valence-corrected chi connectivity index (χ0v) is 15.8. The van der Waals surface area contributed by atoms with Crippen LogP contribution in [-0.4, -0.2) is 29.8 Å². The van der Waals surface area contributed by atoms with Crippen LogP contribution < -0.4 is 5.32 Å². The number of rotatable bonds is 4. The third-order valence-electron chi connectivity index (χ3n) is 5.29. The van der Waals surface area contributed by atoms with E-state index in [1.54, 1.807) is 12.1 Å². The van der Waals surface area contributed by atoms with Gasteiger partial charge in [-0.05, 0) is 67.6 Å². The number of nitrogens with one attached hydrogen (secondary N) is 1. The summed E-state index contributed by atoms with van der Waals surface area (Å²) in [5.74, 6) is -0.346. The van der Waals surface area contributed by atoms with Gasteiger partial charge in [0.25, 0.3) is 5.91 Å². The predicted octanol–water partition coefficient (Wildman–Crippen LogP) is 3.61. The highest BCUT2D eigenvalue weighted by atomic mass is 19.1. The largest absolute Gasteiger partial charge is 0.352 e. The van der Waals surface area contributed by atoms with Crippen molar-refractivity contribution in [2.24, 2.45) is 5.92 Å². The van der Waals surface area contributed by atoms with E-state index in [1.807, 2.05) is 36.9 Å². The van der Waals surface area contributed by atoms with Crippen LogP contribution in [0.1, 0.15) is 39.9 Å². The number of carbonyl (C=O) groups excluding carboxylic acids is 2. The van der Waals surface area contributed by atoms with E-state index in [1.165, 1.54) is 17.7 Å². The van der Waals surface area contributed by atoms with Crippen molar-refractivity contribution in [1.29, 1.82) is 0 Å². The molecule has 1 heterocycles. The van der Waals surface area contributed by atoms with Crippen molar-refractivity contribution in [2.45, 2.75) is 33.2 Å². The van der Waals surface area contributed by atoms with Gasteiger partial charge in [-0.15, -0.1) is 0 Å². The van der Waals surface area contributed by atoms with Gasteiger partial charge in [-0.25, -0.2) is 4.39 Å². The summed E-state index contributed by atoms with van der Waals surface area (Å²) >= 11 is 0. The SMILES string of the molecule is Cc1ccc(C(=O)N2CCC(C(=O)NCc3ccc(F)cc3)CC2)cc1C. The van der Waals surface area contributed by atoms with Crippen molar-refractivity contribution >= 4 is 11.8 Å². The number of amides is 2. The number of carbonyl (C=O) groups is 2. The zero-order chi connectivity index (χ0) is 19.4. The minimum absolute atomic E-state index is 0.00222. The molecule has 1 N–H and O–H groups in total. The summed E-state index contributed by atoms with van der Waals surface area (Å²) in [6.07, 6.45) is 1.32. The van der Waals surface area contributed by atoms with E-state index in [0.29, 0.717) is 38.0 Å². The maximum Gasteiger partial charge on any atom is 0.253 e. The number of hydrogen-bond acceptors (Lipinski definition) is 2. The van der Waals surface area contributed by atoms with Gasteiger partial charge in [-0.3, -0.25) is 9.59 Å². The van der Waals surface area contributed by atoms with Crippen molar-refractivity contribution in [3.05, 3.63) is 70.5 Å². The van der Waals surface area contributed by atoms with Gasteiger partial charge in [-0.2, -0.15) is 0 Å². The summed E-state index contributed by atoms with van der Waals surface area (Å²) in [6.45, 7) is 5.59. The minimum Gasteiger partial charge on any atom is -0.352 e. The zero-order valence-electron chi connectivity index (χ0n) is 15.8. The normalized spacial score (nSPS) is 14.9. The molecule has 0 aromatic heterocycles. The van der Waals surface area contributed by atoms with Crippen LogP contribution in [0.15, 0.2) is 42.5 Å². The molecule has 4 nitrogen and oxygen atoms in total. The summed E-state index contributed by atoms with van der Waals surface area (Å²) < 4.78 is 12.9. The first kappa shape index (κ1) is 19.1. The molecule has 142 valence electrons. The first-order valence-electron chi connectivity index (χ1n) is 9.32. The second-order valence-corrected chi connectivity index (χ2v) is 7.21. The van der Waals surface area contributed by atoms with E-state index in [-0.39, 0.29) is 23.5 Å². The molecule has 1 saturated heterocycles. The predicted molar refractivity (Wildman–Crippen MR) is 103 cm³/mol. The molecule has 0 bridgehead atoms. The van der Waals surface area contributed by atoms with E-state index in [0.717, 1.165) is 11.1 Å². The molecular formula is C22H25FN2O2.